The van der Waals surface area contributed by atoms with Crippen molar-refractivity contribution in [2.75, 3.05) is 13.1 Å². The largest absolute Gasteiger partial charge is 0.330 e. The van der Waals surface area contributed by atoms with Gasteiger partial charge in [-0.2, -0.15) is 10.5 Å². The van der Waals surface area contributed by atoms with Crippen LogP contribution < -0.4 is 5.73 Å². The van der Waals surface area contributed by atoms with Crippen LogP contribution in [-0.4, -0.2) is 90.4 Å². The van der Waals surface area contributed by atoms with Crippen LogP contribution >= 0.6 is 0 Å². The second-order valence-corrected chi connectivity index (χ2v) is 9.93. The number of likely N-dealkylation sites (tertiary alicyclic amines) is 3. The number of nitrogens with zero attached hydrogens (tertiary/aromatic N) is 7. The molecule has 7 atom stereocenters. The zero-order valence-electron chi connectivity index (χ0n) is 18.9. The van der Waals surface area contributed by atoms with Gasteiger partial charge in [0.15, 0.2) is 0 Å². The highest BCUT2D eigenvalue weighted by Crippen LogP contribution is 2.48. The molecule has 4 fully saturated rings. The Morgan fingerprint density at radius 2 is 2.09 bits per heavy atom. The molecule has 34 heavy (non-hydrogen) atoms. The zero-order valence-corrected chi connectivity index (χ0v) is 18.9. The number of piperidine rings is 1. The van der Waals surface area contributed by atoms with Crippen molar-refractivity contribution in [3.05, 3.63) is 29.8 Å². The summed E-state index contributed by atoms with van der Waals surface area (Å²) in [6.07, 6.45) is 2.49. The fourth-order valence-corrected chi connectivity index (χ4v) is 6.17. The molecule has 11 heteroatoms. The predicted octanol–water partition coefficient (Wildman–Crippen LogP) is 0.0531. The van der Waals surface area contributed by atoms with E-state index in [0.717, 1.165) is 30.4 Å². The number of hydrogen-bond acceptors (Lipinski definition) is 8. The predicted molar refractivity (Wildman–Crippen MR) is 119 cm³/mol. The summed E-state index contributed by atoms with van der Waals surface area (Å²) in [7, 11) is 0. The van der Waals surface area contributed by atoms with Crippen LogP contribution in [0.3, 0.4) is 0 Å². The molecule has 2 bridgehead atoms. The molecule has 3 N–H and O–H groups in total. The first-order valence-electron chi connectivity index (χ1n) is 11.8. The molecule has 1 unspecified atom stereocenters. The minimum atomic E-state index is -0.717. The number of fused-ring (bicyclic) bond motifs is 3. The Morgan fingerprint density at radius 1 is 1.29 bits per heavy atom. The number of nitriles is 1. The molecule has 1 aliphatic carbocycles. The van der Waals surface area contributed by atoms with Gasteiger partial charge in [-0.1, -0.05) is 24.3 Å². The summed E-state index contributed by atoms with van der Waals surface area (Å²) < 4.78 is 0. The van der Waals surface area contributed by atoms with Crippen molar-refractivity contribution in [1.82, 2.24) is 35.3 Å². The molecular formula is C23H27N9O2. The van der Waals surface area contributed by atoms with Crippen molar-refractivity contribution in [3.8, 4) is 17.5 Å². The fourth-order valence-electron chi connectivity index (χ4n) is 6.17. The summed E-state index contributed by atoms with van der Waals surface area (Å²) in [4.78, 5) is 32.0. The molecule has 2 aromatic rings. The highest BCUT2D eigenvalue weighted by molar-refractivity contribution is 5.87. The highest BCUT2D eigenvalue weighted by atomic mass is 16.2. The van der Waals surface area contributed by atoms with Crippen molar-refractivity contribution in [3.63, 3.8) is 0 Å². The van der Waals surface area contributed by atoms with Crippen LogP contribution in [0.25, 0.3) is 11.4 Å². The van der Waals surface area contributed by atoms with E-state index >= 15 is 0 Å². The van der Waals surface area contributed by atoms with Crippen LogP contribution in [-0.2, 0) is 9.59 Å². The maximum absolute atomic E-state index is 13.3. The number of benzene rings is 1. The highest BCUT2D eigenvalue weighted by Gasteiger charge is 2.56. The van der Waals surface area contributed by atoms with Gasteiger partial charge in [-0.25, -0.2) is 0 Å². The summed E-state index contributed by atoms with van der Waals surface area (Å²) in [5.74, 6) is 0.924. The molecule has 3 aliphatic heterocycles. The third-order valence-corrected chi connectivity index (χ3v) is 7.98. The van der Waals surface area contributed by atoms with E-state index in [4.69, 9.17) is 5.73 Å². The third-order valence-electron chi connectivity index (χ3n) is 7.98. The second-order valence-electron chi connectivity index (χ2n) is 9.93. The average molecular weight is 462 g/mol. The van der Waals surface area contributed by atoms with E-state index in [-0.39, 0.29) is 42.0 Å². The number of tetrazole rings is 1. The molecular weight excluding hydrogens is 434 g/mol. The van der Waals surface area contributed by atoms with Crippen LogP contribution in [0, 0.1) is 17.2 Å². The molecule has 6 rings (SSSR count). The molecule has 1 aromatic heterocycles. The van der Waals surface area contributed by atoms with Gasteiger partial charge in [-0.05, 0) is 42.9 Å². The summed E-state index contributed by atoms with van der Waals surface area (Å²) in [5.41, 5.74) is 8.21. The smallest absolute Gasteiger partial charge is 0.242 e. The standard InChI is InChI=1S/C23H27N9O2/c1-12(13-2-4-14(5-3-13)21-26-28-29-27-21)31-17-8-20(23(31)34)30(10-17)11-18(25)22(33)32-16(9-24)6-15-7-19(15)32/h2-5,12,15-20H,6-8,10-11,25H2,1H3,(H,26,27,28,29)/t12-,15+,16-,17+,18-,19?,20+/m0/s1. The molecule has 4 aliphatic rings. The lowest BCUT2D eigenvalue weighted by Crippen LogP contribution is -2.57. The number of hydrogen-bond donors (Lipinski definition) is 2. The maximum atomic E-state index is 13.3. The first-order chi connectivity index (χ1) is 16.5. The normalized spacial score (nSPS) is 31.4. The molecule has 4 heterocycles. The Labute approximate surface area is 196 Å². The molecule has 11 nitrogen and oxygen atoms in total. The van der Waals surface area contributed by atoms with Crippen molar-refractivity contribution < 1.29 is 9.59 Å². The van der Waals surface area contributed by atoms with Crippen LogP contribution in [0.5, 0.6) is 0 Å². The lowest BCUT2D eigenvalue weighted by atomic mass is 10.0. The van der Waals surface area contributed by atoms with Gasteiger partial charge in [0.25, 0.3) is 0 Å². The van der Waals surface area contributed by atoms with Crippen molar-refractivity contribution in [2.45, 2.75) is 62.4 Å². The van der Waals surface area contributed by atoms with Crippen LogP contribution in [0.1, 0.15) is 37.8 Å². The SMILES string of the molecule is C[C@@H](c1ccc(-c2nn[nH]n2)cc1)N1C(=O)[C@H]2C[C@@H]1CN2C[C@H](N)C(=O)N1C2C[C@H]2C[C@H]1C#N. The number of H-pyrrole nitrogens is 1. The lowest BCUT2D eigenvalue weighted by molar-refractivity contribution is -0.141. The average Bonchev–Trinajstić information content (AvgIpc) is 3.28. The van der Waals surface area contributed by atoms with Crippen LogP contribution in [0.4, 0.5) is 0 Å². The Balaban J connectivity index is 1.10. The van der Waals surface area contributed by atoms with E-state index in [2.05, 4.69) is 31.6 Å². The zero-order chi connectivity index (χ0) is 23.6. The molecule has 3 saturated heterocycles. The van der Waals surface area contributed by atoms with E-state index in [1.54, 1.807) is 4.90 Å². The number of carbonyl (C=O) groups excluding carboxylic acids is 2. The van der Waals surface area contributed by atoms with E-state index in [9.17, 15) is 14.9 Å². The maximum Gasteiger partial charge on any atom is 0.242 e. The Hall–Kier alpha value is -3.36. The van der Waals surface area contributed by atoms with Gasteiger partial charge in [0.1, 0.15) is 6.04 Å². The molecule has 1 aromatic carbocycles. The Bertz CT molecular complexity index is 1140. The summed E-state index contributed by atoms with van der Waals surface area (Å²) in [5, 5.41) is 23.4. The minimum Gasteiger partial charge on any atom is -0.330 e. The van der Waals surface area contributed by atoms with Gasteiger partial charge < -0.3 is 15.5 Å². The van der Waals surface area contributed by atoms with Crippen molar-refractivity contribution >= 4 is 11.8 Å². The second kappa shape index (κ2) is 7.85. The van der Waals surface area contributed by atoms with E-state index < -0.39 is 6.04 Å². The van der Waals surface area contributed by atoms with Crippen molar-refractivity contribution in [2.24, 2.45) is 11.7 Å². The molecule has 2 amide bonds. The molecule has 0 radical (unpaired) electrons. The van der Waals surface area contributed by atoms with Crippen LogP contribution in [0.15, 0.2) is 24.3 Å². The first kappa shape index (κ1) is 21.2. The van der Waals surface area contributed by atoms with E-state index in [1.165, 1.54) is 0 Å². The summed E-state index contributed by atoms with van der Waals surface area (Å²) in [6.45, 7) is 3.10. The number of amides is 2. The number of nitrogens with two attached hydrogens (primary N) is 1. The topological polar surface area (TPSA) is 148 Å². The number of piperazine rings is 1. The van der Waals surface area contributed by atoms with Gasteiger partial charge in [-0.15, -0.1) is 10.2 Å². The van der Waals surface area contributed by atoms with Gasteiger partial charge >= 0.3 is 0 Å². The minimum absolute atomic E-state index is 0.0629. The molecule has 0 spiro atoms. The quantitative estimate of drug-likeness (QED) is 0.613. The summed E-state index contributed by atoms with van der Waals surface area (Å²) in [6, 6.07) is 9.00. The van der Waals surface area contributed by atoms with Gasteiger partial charge in [0.05, 0.1) is 24.2 Å². The van der Waals surface area contributed by atoms with E-state index in [1.807, 2.05) is 36.1 Å². The fraction of sp³-hybridized carbons (Fsp3) is 0.565. The molecule has 176 valence electrons. The first-order valence-corrected chi connectivity index (χ1v) is 11.8. The monoisotopic (exact) mass is 461 g/mol. The number of aromatic amines is 1. The molecule has 1 saturated carbocycles. The number of nitrogens with one attached hydrogen (secondary N) is 1. The Kier molecular flexibility index (Phi) is 4.89. The number of rotatable bonds is 6. The Morgan fingerprint density at radius 3 is 2.76 bits per heavy atom. The van der Waals surface area contributed by atoms with Crippen molar-refractivity contribution in [1.29, 1.82) is 5.26 Å². The van der Waals surface area contributed by atoms with Crippen LogP contribution in [0.2, 0.25) is 0 Å². The van der Waals surface area contributed by atoms with Gasteiger partial charge in [0.2, 0.25) is 17.6 Å². The van der Waals surface area contributed by atoms with E-state index in [0.29, 0.717) is 24.8 Å². The third kappa shape index (κ3) is 3.28. The summed E-state index contributed by atoms with van der Waals surface area (Å²) >= 11 is 0. The van der Waals surface area contributed by atoms with Gasteiger partial charge in [-0.3, -0.25) is 14.5 Å². The van der Waals surface area contributed by atoms with Gasteiger partial charge in [0, 0.05) is 30.7 Å². The number of carbonyl (C=O) groups is 2. The number of aromatic nitrogens is 4. The lowest BCUT2D eigenvalue weighted by Gasteiger charge is -2.38.